The van der Waals surface area contributed by atoms with E-state index in [1.54, 1.807) is 12.1 Å². The third-order valence-electron chi connectivity index (χ3n) is 3.64. The fourth-order valence-electron chi connectivity index (χ4n) is 2.38. The minimum atomic E-state index is 0.0166. The predicted molar refractivity (Wildman–Crippen MR) is 75.1 cm³/mol. The average Bonchev–Trinajstić information content (AvgIpc) is 2.42. The number of halogens is 1. The fourth-order valence-corrected chi connectivity index (χ4v) is 2.51. The van der Waals surface area contributed by atoms with Crippen LogP contribution in [0.15, 0.2) is 24.3 Å². The molecule has 1 amide bonds. The summed E-state index contributed by atoms with van der Waals surface area (Å²) in [6, 6.07) is 7.32. The molecular formula is C15H18ClNO2. The number of likely N-dealkylation sites (tertiary alicyclic amines) is 1. The molecule has 0 spiro atoms. The topological polar surface area (TPSA) is 37.4 Å². The molecule has 0 saturated carbocycles. The third kappa shape index (κ3) is 3.57. The van der Waals surface area contributed by atoms with Gasteiger partial charge in [-0.05, 0) is 24.1 Å². The second-order valence-corrected chi connectivity index (χ2v) is 5.40. The number of nitrogens with zero attached hydrogens (tertiary/aromatic N) is 1. The van der Waals surface area contributed by atoms with Gasteiger partial charge in [-0.25, -0.2) is 0 Å². The lowest BCUT2D eigenvalue weighted by Gasteiger charge is -2.31. The molecule has 2 rings (SSSR count). The van der Waals surface area contributed by atoms with Crippen LogP contribution in [0.2, 0.25) is 5.02 Å². The zero-order valence-corrected chi connectivity index (χ0v) is 11.8. The molecule has 0 aliphatic carbocycles. The average molecular weight is 280 g/mol. The normalized spacial score (nSPS) is 19.6. The van der Waals surface area contributed by atoms with Crippen LogP contribution >= 0.6 is 11.6 Å². The Hall–Kier alpha value is -1.35. The van der Waals surface area contributed by atoms with Gasteiger partial charge in [0.25, 0.3) is 0 Å². The number of carbonyl (C=O) groups is 2. The molecule has 0 N–H and O–H groups in total. The number of hydrogen-bond donors (Lipinski definition) is 0. The number of Topliss-reactive ketones (excluding diaryl/α,β-unsaturated/α-hetero) is 1. The van der Waals surface area contributed by atoms with E-state index in [0.717, 1.165) is 12.0 Å². The highest BCUT2D eigenvalue weighted by Gasteiger charge is 2.28. The third-order valence-corrected chi connectivity index (χ3v) is 3.89. The number of ketones is 1. The van der Waals surface area contributed by atoms with E-state index in [9.17, 15) is 9.59 Å². The Balaban J connectivity index is 1.96. The largest absolute Gasteiger partial charge is 0.341 e. The maximum Gasteiger partial charge on any atom is 0.227 e. The smallest absolute Gasteiger partial charge is 0.227 e. The predicted octanol–water partition coefficient (Wildman–Crippen LogP) is 2.71. The summed E-state index contributed by atoms with van der Waals surface area (Å²) in [4.78, 5) is 25.6. The van der Waals surface area contributed by atoms with E-state index in [1.165, 1.54) is 0 Å². The van der Waals surface area contributed by atoms with E-state index in [0.29, 0.717) is 31.0 Å². The molecule has 102 valence electrons. The molecule has 1 unspecified atom stereocenters. The summed E-state index contributed by atoms with van der Waals surface area (Å²) in [5.74, 6) is 0.397. The number of rotatable bonds is 3. The van der Waals surface area contributed by atoms with Gasteiger partial charge in [0.1, 0.15) is 5.78 Å². The standard InChI is InChI=1S/C15H18ClNO2/c1-2-12-10-17(8-7-14(12)18)15(19)9-11-3-5-13(16)6-4-11/h3-6,12H,2,7-10H2,1H3. The van der Waals surface area contributed by atoms with Crippen molar-refractivity contribution >= 4 is 23.3 Å². The molecule has 1 aromatic rings. The number of hydrogen-bond acceptors (Lipinski definition) is 2. The van der Waals surface area contributed by atoms with Gasteiger partial charge >= 0.3 is 0 Å². The van der Waals surface area contributed by atoms with Gasteiger partial charge in [0.2, 0.25) is 5.91 Å². The minimum absolute atomic E-state index is 0.0166. The van der Waals surface area contributed by atoms with Crippen molar-refractivity contribution in [2.24, 2.45) is 5.92 Å². The number of carbonyl (C=O) groups excluding carboxylic acids is 2. The van der Waals surface area contributed by atoms with Gasteiger partial charge in [-0.3, -0.25) is 9.59 Å². The lowest BCUT2D eigenvalue weighted by atomic mass is 9.94. The second-order valence-electron chi connectivity index (χ2n) is 4.96. The number of amides is 1. The first-order chi connectivity index (χ1) is 9.10. The van der Waals surface area contributed by atoms with E-state index in [1.807, 2.05) is 24.0 Å². The Kier molecular flexibility index (Phi) is 4.59. The first-order valence-electron chi connectivity index (χ1n) is 6.65. The maximum absolute atomic E-state index is 12.2. The summed E-state index contributed by atoms with van der Waals surface area (Å²) in [5.41, 5.74) is 0.958. The van der Waals surface area contributed by atoms with Crippen LogP contribution in [0.25, 0.3) is 0 Å². The number of benzene rings is 1. The van der Waals surface area contributed by atoms with Crippen molar-refractivity contribution in [3.63, 3.8) is 0 Å². The van der Waals surface area contributed by atoms with Crippen molar-refractivity contribution < 1.29 is 9.59 Å². The first kappa shape index (κ1) is 14.1. The van der Waals surface area contributed by atoms with Crippen molar-refractivity contribution in [2.75, 3.05) is 13.1 Å². The molecular weight excluding hydrogens is 262 g/mol. The Labute approximate surface area is 118 Å². The minimum Gasteiger partial charge on any atom is -0.341 e. The monoisotopic (exact) mass is 279 g/mol. The highest BCUT2D eigenvalue weighted by atomic mass is 35.5. The molecule has 3 nitrogen and oxygen atoms in total. The van der Waals surface area contributed by atoms with Crippen molar-refractivity contribution in [3.8, 4) is 0 Å². The summed E-state index contributed by atoms with van der Waals surface area (Å²) in [6.07, 6.45) is 1.68. The summed E-state index contributed by atoms with van der Waals surface area (Å²) in [6.45, 7) is 3.12. The molecule has 1 heterocycles. The van der Waals surface area contributed by atoms with Crippen molar-refractivity contribution in [3.05, 3.63) is 34.9 Å². The highest BCUT2D eigenvalue weighted by Crippen LogP contribution is 2.17. The Morgan fingerprint density at radius 3 is 2.68 bits per heavy atom. The Morgan fingerprint density at radius 1 is 1.37 bits per heavy atom. The van der Waals surface area contributed by atoms with Crippen LogP contribution in [-0.2, 0) is 16.0 Å². The van der Waals surface area contributed by atoms with Crippen LogP contribution in [0.4, 0.5) is 0 Å². The van der Waals surface area contributed by atoms with Crippen molar-refractivity contribution in [1.29, 1.82) is 0 Å². The Morgan fingerprint density at radius 2 is 2.05 bits per heavy atom. The summed E-state index contributed by atoms with van der Waals surface area (Å²) < 4.78 is 0. The maximum atomic E-state index is 12.2. The van der Waals surface area contributed by atoms with Gasteiger partial charge in [-0.1, -0.05) is 30.7 Å². The molecule has 19 heavy (non-hydrogen) atoms. The van der Waals surface area contributed by atoms with Crippen molar-refractivity contribution in [1.82, 2.24) is 4.90 Å². The quantitative estimate of drug-likeness (QED) is 0.853. The SMILES string of the molecule is CCC1CN(C(=O)Cc2ccc(Cl)cc2)CCC1=O. The summed E-state index contributed by atoms with van der Waals surface area (Å²) >= 11 is 5.82. The molecule has 1 aliphatic heterocycles. The van der Waals surface area contributed by atoms with Crippen LogP contribution in [0.3, 0.4) is 0 Å². The van der Waals surface area contributed by atoms with Gasteiger partial charge in [0.05, 0.1) is 6.42 Å². The van der Waals surface area contributed by atoms with Gasteiger partial charge in [0, 0.05) is 30.5 Å². The molecule has 1 aromatic carbocycles. The van der Waals surface area contributed by atoms with Gasteiger partial charge in [-0.15, -0.1) is 0 Å². The summed E-state index contributed by atoms with van der Waals surface area (Å²) in [5, 5.41) is 0.672. The van der Waals surface area contributed by atoms with Gasteiger partial charge in [0.15, 0.2) is 0 Å². The van der Waals surface area contributed by atoms with Gasteiger partial charge in [-0.2, -0.15) is 0 Å². The summed E-state index contributed by atoms with van der Waals surface area (Å²) in [7, 11) is 0. The zero-order chi connectivity index (χ0) is 13.8. The van der Waals surface area contributed by atoms with Gasteiger partial charge < -0.3 is 4.90 Å². The highest BCUT2D eigenvalue weighted by molar-refractivity contribution is 6.30. The fraction of sp³-hybridized carbons (Fsp3) is 0.467. The zero-order valence-electron chi connectivity index (χ0n) is 11.1. The first-order valence-corrected chi connectivity index (χ1v) is 7.03. The molecule has 1 fully saturated rings. The Bertz CT molecular complexity index is 470. The number of piperidine rings is 1. The molecule has 0 bridgehead atoms. The molecule has 0 radical (unpaired) electrons. The van der Waals surface area contributed by atoms with Crippen LogP contribution in [0.5, 0.6) is 0 Å². The lowest BCUT2D eigenvalue weighted by molar-refractivity contribution is -0.136. The van der Waals surface area contributed by atoms with E-state index >= 15 is 0 Å². The van der Waals surface area contributed by atoms with E-state index in [4.69, 9.17) is 11.6 Å². The second kappa shape index (κ2) is 6.20. The van der Waals surface area contributed by atoms with E-state index < -0.39 is 0 Å². The van der Waals surface area contributed by atoms with Crippen LogP contribution in [-0.4, -0.2) is 29.7 Å². The molecule has 0 aromatic heterocycles. The molecule has 1 saturated heterocycles. The van der Waals surface area contributed by atoms with Crippen LogP contribution in [0, 0.1) is 5.92 Å². The molecule has 4 heteroatoms. The lowest BCUT2D eigenvalue weighted by Crippen LogP contribution is -2.44. The van der Waals surface area contributed by atoms with E-state index in [2.05, 4.69) is 0 Å². The molecule has 1 aliphatic rings. The van der Waals surface area contributed by atoms with Crippen molar-refractivity contribution in [2.45, 2.75) is 26.2 Å². The van der Waals surface area contributed by atoms with Crippen LogP contribution in [0.1, 0.15) is 25.3 Å². The van der Waals surface area contributed by atoms with E-state index in [-0.39, 0.29) is 17.6 Å². The van der Waals surface area contributed by atoms with Crippen LogP contribution < -0.4 is 0 Å². The molecule has 1 atom stereocenters.